The zero-order valence-electron chi connectivity index (χ0n) is 12.6. The molecule has 0 aliphatic heterocycles. The molecule has 22 heavy (non-hydrogen) atoms. The largest absolute Gasteiger partial charge is 0.394 e. The Kier molecular flexibility index (Phi) is 9.34. The molecular weight excluding hydrogens is 310 g/mol. The van der Waals surface area contributed by atoms with Crippen LogP contribution in [0.25, 0.3) is 0 Å². The molecule has 0 fully saturated rings. The maximum Gasteiger partial charge on any atom is 0.394 e. The minimum absolute atomic E-state index is 0.0176. The molecule has 1 aromatic carbocycles. The van der Waals surface area contributed by atoms with Gasteiger partial charge in [0.25, 0.3) is 0 Å². The van der Waals surface area contributed by atoms with Crippen LogP contribution in [-0.4, -0.2) is 42.2 Å². The van der Waals surface area contributed by atoms with Gasteiger partial charge in [0.05, 0.1) is 18.8 Å². The Hall–Kier alpha value is -1.68. The molecule has 8 nitrogen and oxygen atoms in total. The monoisotopic (exact) mass is 333 g/mol. The highest BCUT2D eigenvalue weighted by Crippen LogP contribution is 2.03. The van der Waals surface area contributed by atoms with E-state index in [9.17, 15) is 0 Å². The fraction of sp³-hybridized carbons (Fsp3) is 0.462. The van der Waals surface area contributed by atoms with Crippen LogP contribution in [0.2, 0.25) is 0 Å². The molecule has 0 aliphatic rings. The van der Waals surface area contributed by atoms with Gasteiger partial charge in [-0.3, -0.25) is 14.5 Å². The molecule has 2 unspecified atom stereocenters. The van der Waals surface area contributed by atoms with Gasteiger partial charge in [0.15, 0.2) is 5.96 Å². The number of nitrogens with one attached hydrogen (secondary N) is 2. The van der Waals surface area contributed by atoms with Crippen LogP contribution in [0.15, 0.2) is 30.3 Å². The molecule has 0 radical (unpaired) electrons. The van der Waals surface area contributed by atoms with Crippen LogP contribution in [0.3, 0.4) is 0 Å². The number of ether oxygens (including phenoxy) is 1. The SMILES string of the molecule is CC(NC(=N)N)C(C)OCCc1ccccc1.O=S(=O)(O)O. The van der Waals surface area contributed by atoms with Crippen LogP contribution in [0.4, 0.5) is 0 Å². The van der Waals surface area contributed by atoms with E-state index in [-0.39, 0.29) is 18.1 Å². The highest BCUT2D eigenvalue weighted by Gasteiger charge is 2.12. The smallest absolute Gasteiger partial charge is 0.376 e. The summed E-state index contributed by atoms with van der Waals surface area (Å²) in [6.07, 6.45) is 0.931. The van der Waals surface area contributed by atoms with Crippen molar-refractivity contribution in [2.75, 3.05) is 6.61 Å². The fourth-order valence-electron chi connectivity index (χ4n) is 1.51. The van der Waals surface area contributed by atoms with Crippen molar-refractivity contribution in [1.82, 2.24) is 5.32 Å². The lowest BCUT2D eigenvalue weighted by atomic mass is 10.1. The maximum absolute atomic E-state index is 8.74. The molecule has 0 saturated carbocycles. The van der Waals surface area contributed by atoms with Gasteiger partial charge < -0.3 is 15.8 Å². The van der Waals surface area contributed by atoms with Crippen LogP contribution in [0.5, 0.6) is 0 Å². The third-order valence-electron chi connectivity index (χ3n) is 2.70. The molecule has 0 saturated heterocycles. The van der Waals surface area contributed by atoms with Crippen molar-refractivity contribution in [2.45, 2.75) is 32.4 Å². The Balaban J connectivity index is 0.000000763. The third kappa shape index (κ3) is 13.3. The van der Waals surface area contributed by atoms with Crippen LogP contribution in [0, 0.1) is 5.41 Å². The summed E-state index contributed by atoms with van der Waals surface area (Å²) in [6.45, 7) is 4.61. The van der Waals surface area contributed by atoms with Gasteiger partial charge in [-0.15, -0.1) is 0 Å². The Morgan fingerprint density at radius 3 is 2.27 bits per heavy atom. The minimum Gasteiger partial charge on any atom is -0.376 e. The lowest BCUT2D eigenvalue weighted by Gasteiger charge is -2.21. The van der Waals surface area contributed by atoms with E-state index in [1.807, 2.05) is 32.0 Å². The fourth-order valence-corrected chi connectivity index (χ4v) is 1.51. The average Bonchev–Trinajstić information content (AvgIpc) is 2.37. The van der Waals surface area contributed by atoms with Crippen molar-refractivity contribution in [3.63, 3.8) is 0 Å². The van der Waals surface area contributed by atoms with Gasteiger partial charge in [-0.05, 0) is 25.8 Å². The number of guanidine groups is 1. The first-order valence-electron chi connectivity index (χ1n) is 6.55. The molecule has 0 spiro atoms. The van der Waals surface area contributed by atoms with Crippen molar-refractivity contribution in [3.05, 3.63) is 35.9 Å². The summed E-state index contributed by atoms with van der Waals surface area (Å²) >= 11 is 0. The van der Waals surface area contributed by atoms with E-state index >= 15 is 0 Å². The van der Waals surface area contributed by atoms with Gasteiger partial charge in [0.2, 0.25) is 0 Å². The van der Waals surface area contributed by atoms with Gasteiger partial charge in [-0.2, -0.15) is 8.42 Å². The van der Waals surface area contributed by atoms with E-state index in [0.29, 0.717) is 6.61 Å². The summed E-state index contributed by atoms with van der Waals surface area (Å²) in [5.74, 6) is -0.0176. The normalized spacial score (nSPS) is 13.5. The summed E-state index contributed by atoms with van der Waals surface area (Å²) in [4.78, 5) is 0. The Morgan fingerprint density at radius 1 is 1.32 bits per heavy atom. The second-order valence-corrected chi connectivity index (χ2v) is 5.50. The molecule has 0 heterocycles. The van der Waals surface area contributed by atoms with Gasteiger partial charge >= 0.3 is 10.4 Å². The molecule has 2 atom stereocenters. The molecule has 6 N–H and O–H groups in total. The second-order valence-electron chi connectivity index (χ2n) is 4.61. The highest BCUT2D eigenvalue weighted by molar-refractivity contribution is 7.79. The van der Waals surface area contributed by atoms with E-state index in [1.54, 1.807) is 0 Å². The quantitative estimate of drug-likeness (QED) is 0.295. The zero-order chi connectivity index (χ0) is 17.2. The molecule has 0 amide bonds. The van der Waals surface area contributed by atoms with E-state index in [4.69, 9.17) is 33.4 Å². The van der Waals surface area contributed by atoms with E-state index in [1.165, 1.54) is 5.56 Å². The average molecular weight is 333 g/mol. The van der Waals surface area contributed by atoms with Crippen molar-refractivity contribution in [2.24, 2.45) is 5.73 Å². The molecule has 126 valence electrons. The van der Waals surface area contributed by atoms with Crippen molar-refractivity contribution >= 4 is 16.4 Å². The van der Waals surface area contributed by atoms with E-state index < -0.39 is 10.4 Å². The molecule has 1 aromatic rings. The Morgan fingerprint density at radius 2 is 1.82 bits per heavy atom. The Labute approximate surface area is 130 Å². The van der Waals surface area contributed by atoms with Gasteiger partial charge in [-0.25, -0.2) is 0 Å². The van der Waals surface area contributed by atoms with Crippen molar-refractivity contribution in [3.8, 4) is 0 Å². The standard InChI is InChI=1S/C13H21N3O.H2O4S/c1-10(16-13(14)15)11(2)17-9-8-12-6-4-3-5-7-12;1-5(2,3)4/h3-7,10-11H,8-9H2,1-2H3,(H4,14,15,16);(H2,1,2,3,4). The molecule has 0 aromatic heterocycles. The number of benzene rings is 1. The van der Waals surface area contributed by atoms with Crippen molar-refractivity contribution < 1.29 is 22.3 Å². The van der Waals surface area contributed by atoms with Gasteiger partial charge in [0, 0.05) is 0 Å². The molecule has 0 bridgehead atoms. The Bertz CT molecular complexity index is 528. The maximum atomic E-state index is 8.74. The minimum atomic E-state index is -4.67. The number of nitrogens with two attached hydrogens (primary N) is 1. The number of rotatable bonds is 6. The molecule has 0 aliphatic carbocycles. The molecular formula is C13H23N3O5S. The highest BCUT2D eigenvalue weighted by atomic mass is 32.3. The predicted molar refractivity (Wildman–Crippen MR) is 84.2 cm³/mol. The third-order valence-corrected chi connectivity index (χ3v) is 2.70. The van der Waals surface area contributed by atoms with E-state index in [0.717, 1.165) is 6.42 Å². The summed E-state index contributed by atoms with van der Waals surface area (Å²) in [5, 5.41) is 9.97. The first kappa shape index (κ1) is 20.3. The second kappa shape index (κ2) is 10.1. The summed E-state index contributed by atoms with van der Waals surface area (Å²) < 4.78 is 37.3. The molecule has 1 rings (SSSR count). The first-order valence-corrected chi connectivity index (χ1v) is 7.95. The number of hydrogen-bond acceptors (Lipinski definition) is 4. The van der Waals surface area contributed by atoms with Crippen molar-refractivity contribution in [1.29, 1.82) is 5.41 Å². The zero-order valence-corrected chi connectivity index (χ0v) is 13.4. The van der Waals surface area contributed by atoms with Crippen LogP contribution in [0.1, 0.15) is 19.4 Å². The van der Waals surface area contributed by atoms with Gasteiger partial charge in [-0.1, -0.05) is 30.3 Å². The predicted octanol–water partition coefficient (Wildman–Crippen LogP) is 0.853. The summed E-state index contributed by atoms with van der Waals surface area (Å²) in [5.41, 5.74) is 6.54. The first-order chi connectivity index (χ1) is 10.1. The van der Waals surface area contributed by atoms with Crippen LogP contribution in [-0.2, 0) is 21.6 Å². The summed E-state index contributed by atoms with van der Waals surface area (Å²) in [6, 6.07) is 10.3. The van der Waals surface area contributed by atoms with E-state index in [2.05, 4.69) is 17.4 Å². The summed E-state index contributed by atoms with van der Waals surface area (Å²) in [7, 11) is -4.67. The number of hydrogen-bond donors (Lipinski definition) is 5. The lowest BCUT2D eigenvalue weighted by Crippen LogP contribution is -2.44. The van der Waals surface area contributed by atoms with Gasteiger partial charge in [0.1, 0.15) is 0 Å². The van der Waals surface area contributed by atoms with Crippen LogP contribution < -0.4 is 11.1 Å². The van der Waals surface area contributed by atoms with Crippen LogP contribution >= 0.6 is 0 Å². The topological polar surface area (TPSA) is 146 Å². The molecule has 9 heteroatoms. The lowest BCUT2D eigenvalue weighted by molar-refractivity contribution is 0.0497.